The Morgan fingerprint density at radius 3 is 2.67 bits per heavy atom. The number of aromatic nitrogens is 2. The number of pyridine rings is 1. The second kappa shape index (κ2) is 8.16. The second-order valence-electron chi connectivity index (χ2n) is 6.74. The van der Waals surface area contributed by atoms with Crippen molar-refractivity contribution in [1.82, 2.24) is 14.5 Å². The molecule has 0 saturated carbocycles. The van der Waals surface area contributed by atoms with Crippen LogP contribution < -0.4 is 15.4 Å². The number of fused-ring (bicyclic) bond motifs is 1. The summed E-state index contributed by atoms with van der Waals surface area (Å²) in [5.41, 5.74) is 0.838. The molecule has 0 spiro atoms. The molecule has 1 aromatic carbocycles. The molecular formula is C19H17Cl2FN4O4. The number of methoxy groups -OCH3 is 1. The molecule has 2 aromatic heterocycles. The Kier molecular flexibility index (Phi) is 5.57. The molecule has 1 amide bonds. The number of ether oxygens (including phenoxy) is 1. The van der Waals surface area contributed by atoms with Crippen molar-refractivity contribution in [3.05, 3.63) is 50.8 Å². The molecule has 0 atom stereocenters. The van der Waals surface area contributed by atoms with Crippen LogP contribution in [0.1, 0.15) is 0 Å². The van der Waals surface area contributed by atoms with Crippen LogP contribution in [0.3, 0.4) is 0 Å². The molecule has 158 valence electrons. The van der Waals surface area contributed by atoms with Gasteiger partial charge in [0.2, 0.25) is 5.91 Å². The fourth-order valence-electron chi connectivity index (χ4n) is 3.42. The number of benzene rings is 1. The number of halogens is 3. The van der Waals surface area contributed by atoms with E-state index in [0.717, 1.165) is 0 Å². The smallest absolute Gasteiger partial charge is 0.421 e. The van der Waals surface area contributed by atoms with Gasteiger partial charge < -0.3 is 19.0 Å². The molecule has 1 aliphatic heterocycles. The number of oxazole rings is 1. The summed E-state index contributed by atoms with van der Waals surface area (Å²) in [6.07, 6.45) is 1.38. The van der Waals surface area contributed by atoms with Gasteiger partial charge in [0.25, 0.3) is 0 Å². The lowest BCUT2D eigenvalue weighted by Gasteiger charge is -2.36. The van der Waals surface area contributed by atoms with Crippen molar-refractivity contribution in [2.75, 3.05) is 38.2 Å². The Bertz CT molecular complexity index is 1170. The highest BCUT2D eigenvalue weighted by Gasteiger charge is 2.25. The zero-order chi connectivity index (χ0) is 21.4. The first-order chi connectivity index (χ1) is 14.4. The predicted octanol–water partition coefficient (Wildman–Crippen LogP) is 2.79. The number of amides is 1. The molecule has 30 heavy (non-hydrogen) atoms. The Labute approximate surface area is 180 Å². The summed E-state index contributed by atoms with van der Waals surface area (Å²) in [6, 6.07) is 4.23. The summed E-state index contributed by atoms with van der Waals surface area (Å²) in [4.78, 5) is 32.3. The van der Waals surface area contributed by atoms with Crippen molar-refractivity contribution in [3.63, 3.8) is 0 Å². The molecule has 0 bridgehead atoms. The standard InChI is InChI=1S/C19H17Cl2FN4O4/c1-29-15-8-14(13(22)7-12(15)21)24-2-4-25(5-3-24)17(27)10-26-18-16(30-19(26)28)6-11(20)9-23-18/h6-9H,2-5,10H2,1H3. The van der Waals surface area contributed by atoms with Crippen LogP contribution in [-0.4, -0.2) is 53.6 Å². The highest BCUT2D eigenvalue weighted by molar-refractivity contribution is 6.32. The van der Waals surface area contributed by atoms with Gasteiger partial charge in [-0.05, 0) is 6.07 Å². The zero-order valence-electron chi connectivity index (χ0n) is 15.9. The van der Waals surface area contributed by atoms with Crippen LogP contribution in [0.5, 0.6) is 5.75 Å². The predicted molar refractivity (Wildman–Crippen MR) is 110 cm³/mol. The molecule has 3 heterocycles. The van der Waals surface area contributed by atoms with Crippen LogP contribution in [0, 0.1) is 5.82 Å². The fraction of sp³-hybridized carbons (Fsp3) is 0.316. The summed E-state index contributed by atoms with van der Waals surface area (Å²) in [5, 5.41) is 0.525. The Morgan fingerprint density at radius 2 is 1.97 bits per heavy atom. The van der Waals surface area contributed by atoms with Gasteiger partial charge in [-0.2, -0.15) is 0 Å². The van der Waals surface area contributed by atoms with E-state index in [0.29, 0.717) is 42.6 Å². The second-order valence-corrected chi connectivity index (χ2v) is 7.58. The number of piperazine rings is 1. The van der Waals surface area contributed by atoms with Crippen molar-refractivity contribution in [2.24, 2.45) is 0 Å². The van der Waals surface area contributed by atoms with Crippen molar-refractivity contribution in [1.29, 1.82) is 0 Å². The molecule has 0 unspecified atom stereocenters. The average molecular weight is 455 g/mol. The minimum Gasteiger partial charge on any atom is -0.495 e. The number of rotatable bonds is 4. The number of hydrogen-bond acceptors (Lipinski definition) is 6. The van der Waals surface area contributed by atoms with Crippen LogP contribution in [0.15, 0.2) is 33.6 Å². The van der Waals surface area contributed by atoms with Gasteiger partial charge in [-0.1, -0.05) is 23.2 Å². The lowest BCUT2D eigenvalue weighted by atomic mass is 10.2. The van der Waals surface area contributed by atoms with E-state index >= 15 is 0 Å². The van der Waals surface area contributed by atoms with Crippen molar-refractivity contribution < 1.29 is 18.3 Å². The van der Waals surface area contributed by atoms with Gasteiger partial charge in [-0.25, -0.2) is 18.7 Å². The maximum Gasteiger partial charge on any atom is 0.421 e. The monoisotopic (exact) mass is 454 g/mol. The van der Waals surface area contributed by atoms with E-state index in [1.807, 2.05) is 4.90 Å². The van der Waals surface area contributed by atoms with E-state index in [4.69, 9.17) is 32.4 Å². The van der Waals surface area contributed by atoms with Crippen LogP contribution in [0.2, 0.25) is 10.0 Å². The van der Waals surface area contributed by atoms with Gasteiger partial charge in [-0.15, -0.1) is 0 Å². The molecule has 8 nitrogen and oxygen atoms in total. The molecule has 0 aliphatic carbocycles. The summed E-state index contributed by atoms with van der Waals surface area (Å²) in [6.45, 7) is 1.37. The van der Waals surface area contributed by atoms with Crippen LogP contribution in [0.25, 0.3) is 11.2 Å². The minimum atomic E-state index is -0.679. The Hall–Kier alpha value is -2.78. The number of nitrogens with zero attached hydrogens (tertiary/aromatic N) is 4. The number of anilines is 1. The largest absolute Gasteiger partial charge is 0.495 e. The lowest BCUT2D eigenvalue weighted by Crippen LogP contribution is -2.50. The molecule has 1 aliphatic rings. The van der Waals surface area contributed by atoms with E-state index in [9.17, 15) is 14.0 Å². The molecule has 0 N–H and O–H groups in total. The SMILES string of the molecule is COc1cc(N2CCN(C(=O)Cn3c(=O)oc4cc(Cl)cnc43)CC2)c(F)cc1Cl. The van der Waals surface area contributed by atoms with Gasteiger partial charge in [0.15, 0.2) is 11.2 Å². The van der Waals surface area contributed by atoms with Gasteiger partial charge >= 0.3 is 5.76 Å². The van der Waals surface area contributed by atoms with E-state index < -0.39 is 11.6 Å². The van der Waals surface area contributed by atoms with E-state index in [2.05, 4.69) is 4.98 Å². The lowest BCUT2D eigenvalue weighted by molar-refractivity contribution is -0.132. The molecule has 3 aromatic rings. The van der Waals surface area contributed by atoms with Crippen molar-refractivity contribution in [3.8, 4) is 5.75 Å². The summed E-state index contributed by atoms with van der Waals surface area (Å²) >= 11 is 11.8. The van der Waals surface area contributed by atoms with E-state index in [1.165, 1.54) is 30.0 Å². The highest BCUT2D eigenvalue weighted by Crippen LogP contribution is 2.32. The third kappa shape index (κ3) is 3.82. The fourth-order valence-corrected chi connectivity index (χ4v) is 3.79. The normalized spacial score (nSPS) is 14.4. The zero-order valence-corrected chi connectivity index (χ0v) is 17.4. The Morgan fingerprint density at radius 1 is 1.23 bits per heavy atom. The quantitative estimate of drug-likeness (QED) is 0.602. The van der Waals surface area contributed by atoms with Gasteiger partial charge in [0.1, 0.15) is 18.1 Å². The van der Waals surface area contributed by atoms with E-state index in [-0.39, 0.29) is 28.7 Å². The Balaban J connectivity index is 1.46. The van der Waals surface area contributed by atoms with Crippen molar-refractivity contribution >= 4 is 46.0 Å². The third-order valence-corrected chi connectivity index (χ3v) is 5.46. The molecule has 1 fully saturated rings. The summed E-state index contributed by atoms with van der Waals surface area (Å²) < 4.78 is 25.8. The van der Waals surface area contributed by atoms with E-state index in [1.54, 1.807) is 11.0 Å². The molecule has 4 rings (SSSR count). The van der Waals surface area contributed by atoms with Crippen LogP contribution in [0.4, 0.5) is 10.1 Å². The molecule has 11 heteroatoms. The molecular weight excluding hydrogens is 438 g/mol. The first kappa shape index (κ1) is 20.5. The maximum absolute atomic E-state index is 14.4. The van der Waals surface area contributed by atoms with Crippen LogP contribution in [-0.2, 0) is 11.3 Å². The number of carbonyl (C=O) groups is 1. The van der Waals surface area contributed by atoms with Crippen molar-refractivity contribution in [2.45, 2.75) is 6.54 Å². The average Bonchev–Trinajstić information content (AvgIpc) is 3.02. The third-order valence-electron chi connectivity index (χ3n) is 4.96. The first-order valence-corrected chi connectivity index (χ1v) is 9.83. The van der Waals surface area contributed by atoms with Gasteiger partial charge in [0, 0.05) is 44.5 Å². The molecule has 1 saturated heterocycles. The van der Waals surface area contributed by atoms with Gasteiger partial charge in [-0.3, -0.25) is 4.79 Å². The first-order valence-electron chi connectivity index (χ1n) is 9.08. The maximum atomic E-state index is 14.4. The highest BCUT2D eigenvalue weighted by atomic mass is 35.5. The van der Waals surface area contributed by atoms with Crippen LogP contribution >= 0.6 is 23.2 Å². The number of hydrogen-bond donors (Lipinski definition) is 0. The molecule has 0 radical (unpaired) electrons. The van der Waals surface area contributed by atoms with Gasteiger partial charge in [0.05, 0.1) is 22.8 Å². The summed E-state index contributed by atoms with van der Waals surface area (Å²) in [5.74, 6) is -1.01. The minimum absolute atomic E-state index is 0.195. The topological polar surface area (TPSA) is 80.8 Å². The summed E-state index contributed by atoms with van der Waals surface area (Å²) in [7, 11) is 1.46. The number of carbonyl (C=O) groups excluding carboxylic acids is 1.